The fraction of sp³-hybridized carbons (Fsp3) is 0.471. The third kappa shape index (κ3) is 4.06. The monoisotopic (exact) mass is 352 g/mol. The van der Waals surface area contributed by atoms with Crippen LogP contribution in [0.25, 0.3) is 11.1 Å². The molecule has 0 radical (unpaired) electrons. The molecule has 24 heavy (non-hydrogen) atoms. The summed E-state index contributed by atoms with van der Waals surface area (Å²) in [6.45, 7) is 3.17. The van der Waals surface area contributed by atoms with Crippen molar-refractivity contribution >= 4 is 35.4 Å². The second-order valence-corrected chi connectivity index (χ2v) is 6.14. The molecule has 0 spiro atoms. The average molecular weight is 353 g/mol. The number of halogens is 1. The first kappa shape index (κ1) is 18.3. The minimum Gasteiger partial charge on any atom is -0.481 e. The summed E-state index contributed by atoms with van der Waals surface area (Å²) in [4.78, 5) is 29.5. The lowest BCUT2D eigenvalue weighted by molar-refractivity contribution is -0.137. The topological polar surface area (TPSA) is 83.6 Å². The Labute approximate surface area is 146 Å². The van der Waals surface area contributed by atoms with Gasteiger partial charge in [-0.05, 0) is 44.2 Å². The molecule has 7 heteroatoms. The zero-order valence-electron chi connectivity index (χ0n) is 13.5. The molecule has 6 nitrogen and oxygen atoms in total. The highest BCUT2D eigenvalue weighted by molar-refractivity contribution is 5.95. The van der Waals surface area contributed by atoms with Gasteiger partial charge in [0.05, 0.1) is 0 Å². The van der Waals surface area contributed by atoms with Crippen LogP contribution >= 0.6 is 12.4 Å². The van der Waals surface area contributed by atoms with E-state index >= 15 is 0 Å². The molecule has 1 atom stereocenters. The quantitative estimate of drug-likeness (QED) is 0.912. The number of furan rings is 1. The molecule has 0 aromatic carbocycles. The maximum absolute atomic E-state index is 12.6. The standard InChI is InChI=1S/C17H20N2O4.ClH/c1-11-4-6-14-13(18-11)9-15(23-14)17(22)19-8-2-3-12(10-19)5-7-16(20)21;/h4,6,9,12H,2-3,5,7-8,10H2,1H3,(H,20,21);1H. The lowest BCUT2D eigenvalue weighted by Gasteiger charge is -2.32. The number of aliphatic carboxylic acids is 1. The molecule has 1 aliphatic heterocycles. The van der Waals surface area contributed by atoms with Crippen LogP contribution in [0.4, 0.5) is 0 Å². The number of aryl methyl sites for hydroxylation is 1. The summed E-state index contributed by atoms with van der Waals surface area (Å²) in [5.41, 5.74) is 2.18. The van der Waals surface area contributed by atoms with Crippen LogP contribution in [0, 0.1) is 12.8 Å². The number of rotatable bonds is 4. The van der Waals surface area contributed by atoms with Crippen LogP contribution < -0.4 is 0 Å². The summed E-state index contributed by atoms with van der Waals surface area (Å²) in [5, 5.41) is 8.80. The number of aromatic nitrogens is 1. The van der Waals surface area contributed by atoms with Gasteiger partial charge in [0.15, 0.2) is 11.3 Å². The van der Waals surface area contributed by atoms with Gasteiger partial charge >= 0.3 is 5.97 Å². The van der Waals surface area contributed by atoms with Crippen LogP contribution in [0.5, 0.6) is 0 Å². The zero-order chi connectivity index (χ0) is 16.4. The van der Waals surface area contributed by atoms with E-state index in [-0.39, 0.29) is 30.7 Å². The van der Waals surface area contributed by atoms with E-state index in [1.165, 1.54) is 0 Å². The second-order valence-electron chi connectivity index (χ2n) is 6.14. The van der Waals surface area contributed by atoms with Crippen LogP contribution in [-0.4, -0.2) is 40.0 Å². The third-order valence-corrected chi connectivity index (χ3v) is 4.30. The normalized spacial score (nSPS) is 17.5. The van der Waals surface area contributed by atoms with E-state index in [0.29, 0.717) is 36.4 Å². The highest BCUT2D eigenvalue weighted by atomic mass is 35.5. The van der Waals surface area contributed by atoms with E-state index in [0.717, 1.165) is 18.5 Å². The van der Waals surface area contributed by atoms with E-state index in [1.807, 2.05) is 19.1 Å². The molecule has 3 heterocycles. The van der Waals surface area contributed by atoms with Crippen molar-refractivity contribution in [3.8, 4) is 0 Å². The number of carboxylic acids is 1. The number of pyridine rings is 1. The van der Waals surface area contributed by atoms with Gasteiger partial charge in [-0.1, -0.05) is 0 Å². The first-order chi connectivity index (χ1) is 11.0. The maximum Gasteiger partial charge on any atom is 0.303 e. The molecule has 0 saturated carbocycles. The highest BCUT2D eigenvalue weighted by Crippen LogP contribution is 2.24. The number of likely N-dealkylation sites (tertiary alicyclic amines) is 1. The first-order valence-corrected chi connectivity index (χ1v) is 7.91. The first-order valence-electron chi connectivity index (χ1n) is 7.91. The molecule has 1 N–H and O–H groups in total. The predicted octanol–water partition coefficient (Wildman–Crippen LogP) is 3.28. The third-order valence-electron chi connectivity index (χ3n) is 4.30. The summed E-state index contributed by atoms with van der Waals surface area (Å²) < 4.78 is 5.62. The fourth-order valence-corrected chi connectivity index (χ4v) is 3.10. The Morgan fingerprint density at radius 3 is 2.96 bits per heavy atom. The van der Waals surface area contributed by atoms with Gasteiger partial charge in [0.25, 0.3) is 5.91 Å². The number of fused-ring (bicyclic) bond motifs is 1. The smallest absolute Gasteiger partial charge is 0.303 e. The highest BCUT2D eigenvalue weighted by Gasteiger charge is 2.27. The van der Waals surface area contributed by atoms with Gasteiger partial charge in [-0.2, -0.15) is 0 Å². The van der Waals surface area contributed by atoms with Crippen LogP contribution in [-0.2, 0) is 4.79 Å². The van der Waals surface area contributed by atoms with Crippen LogP contribution in [0.1, 0.15) is 41.9 Å². The van der Waals surface area contributed by atoms with Crippen molar-refractivity contribution in [1.82, 2.24) is 9.88 Å². The van der Waals surface area contributed by atoms with E-state index in [9.17, 15) is 9.59 Å². The molecule has 1 amide bonds. The Balaban J connectivity index is 0.00000208. The molecular weight excluding hydrogens is 332 g/mol. The lowest BCUT2D eigenvalue weighted by atomic mass is 9.93. The summed E-state index contributed by atoms with van der Waals surface area (Å²) in [5.74, 6) is -0.376. The number of carboxylic acid groups (broad SMARTS) is 1. The van der Waals surface area contributed by atoms with E-state index in [4.69, 9.17) is 9.52 Å². The van der Waals surface area contributed by atoms with Crippen molar-refractivity contribution in [3.05, 3.63) is 29.7 Å². The molecular formula is C17H21ClN2O4. The van der Waals surface area contributed by atoms with Crippen molar-refractivity contribution in [2.75, 3.05) is 13.1 Å². The fourth-order valence-electron chi connectivity index (χ4n) is 3.10. The molecule has 0 aliphatic carbocycles. The number of nitrogens with zero attached hydrogens (tertiary/aromatic N) is 2. The molecule has 1 unspecified atom stereocenters. The van der Waals surface area contributed by atoms with Crippen molar-refractivity contribution in [3.63, 3.8) is 0 Å². The summed E-state index contributed by atoms with van der Waals surface area (Å²) in [7, 11) is 0. The van der Waals surface area contributed by atoms with Gasteiger partial charge in [0.1, 0.15) is 5.52 Å². The molecule has 3 rings (SSSR count). The van der Waals surface area contributed by atoms with E-state index in [1.54, 1.807) is 11.0 Å². The second kappa shape index (κ2) is 7.66. The minimum absolute atomic E-state index is 0. The number of carbonyl (C=O) groups excluding carboxylic acids is 1. The Hall–Kier alpha value is -2.08. The minimum atomic E-state index is -0.785. The Kier molecular flexibility index (Phi) is 5.83. The lowest BCUT2D eigenvalue weighted by Crippen LogP contribution is -2.39. The summed E-state index contributed by atoms with van der Waals surface area (Å²) in [6, 6.07) is 5.36. The van der Waals surface area contributed by atoms with Crippen LogP contribution in [0.15, 0.2) is 22.6 Å². The molecule has 0 bridgehead atoms. The molecule has 1 fully saturated rings. The van der Waals surface area contributed by atoms with Crippen molar-refractivity contribution in [2.45, 2.75) is 32.6 Å². The van der Waals surface area contributed by atoms with Crippen LogP contribution in [0.3, 0.4) is 0 Å². The van der Waals surface area contributed by atoms with Crippen LogP contribution in [0.2, 0.25) is 0 Å². The number of carbonyl (C=O) groups is 2. The van der Waals surface area contributed by atoms with Gasteiger partial charge in [-0.25, -0.2) is 4.98 Å². The molecule has 2 aromatic heterocycles. The predicted molar refractivity (Wildman–Crippen MR) is 91.5 cm³/mol. The van der Waals surface area contributed by atoms with Crippen molar-refractivity contribution in [1.29, 1.82) is 0 Å². The Morgan fingerprint density at radius 1 is 1.42 bits per heavy atom. The summed E-state index contributed by atoms with van der Waals surface area (Å²) in [6.07, 6.45) is 2.63. The van der Waals surface area contributed by atoms with Gasteiger partial charge in [0.2, 0.25) is 0 Å². The SMILES string of the molecule is Cc1ccc2oc(C(=O)N3CCCC(CCC(=O)O)C3)cc2n1.Cl. The number of hydrogen-bond acceptors (Lipinski definition) is 4. The number of hydrogen-bond donors (Lipinski definition) is 1. The number of amides is 1. The number of piperidine rings is 1. The van der Waals surface area contributed by atoms with Gasteiger partial charge in [0, 0.05) is 31.3 Å². The van der Waals surface area contributed by atoms with Gasteiger partial charge < -0.3 is 14.4 Å². The van der Waals surface area contributed by atoms with Crippen molar-refractivity contribution in [2.24, 2.45) is 5.92 Å². The van der Waals surface area contributed by atoms with Gasteiger partial charge in [-0.3, -0.25) is 9.59 Å². The largest absolute Gasteiger partial charge is 0.481 e. The Bertz CT molecular complexity index is 743. The van der Waals surface area contributed by atoms with E-state index < -0.39 is 5.97 Å². The molecule has 2 aromatic rings. The van der Waals surface area contributed by atoms with E-state index in [2.05, 4.69) is 4.98 Å². The van der Waals surface area contributed by atoms with Gasteiger partial charge in [-0.15, -0.1) is 12.4 Å². The zero-order valence-corrected chi connectivity index (χ0v) is 14.3. The van der Waals surface area contributed by atoms with Crippen molar-refractivity contribution < 1.29 is 19.1 Å². The molecule has 1 saturated heterocycles. The Morgan fingerprint density at radius 2 is 2.21 bits per heavy atom. The average Bonchev–Trinajstić information content (AvgIpc) is 2.95. The maximum atomic E-state index is 12.6. The molecule has 1 aliphatic rings. The summed E-state index contributed by atoms with van der Waals surface area (Å²) >= 11 is 0. The molecule has 130 valence electrons.